The van der Waals surface area contributed by atoms with Crippen LogP contribution in [0.1, 0.15) is 23.8 Å². The Balaban J connectivity index is 1.55. The second kappa shape index (κ2) is 8.59. The van der Waals surface area contributed by atoms with E-state index in [1.807, 2.05) is 18.2 Å². The summed E-state index contributed by atoms with van der Waals surface area (Å²) in [5.41, 5.74) is 2.17. The number of benzene rings is 2. The van der Waals surface area contributed by atoms with Crippen molar-refractivity contribution in [3.05, 3.63) is 83.0 Å². The number of amides is 1. The molecule has 1 unspecified atom stereocenters. The third-order valence-corrected chi connectivity index (χ3v) is 5.06. The van der Waals surface area contributed by atoms with Crippen LogP contribution in [0, 0.1) is 5.82 Å². The van der Waals surface area contributed by atoms with E-state index in [1.165, 1.54) is 30.3 Å². The summed E-state index contributed by atoms with van der Waals surface area (Å²) in [4.78, 5) is 13.0. The summed E-state index contributed by atoms with van der Waals surface area (Å²) in [5.74, 6) is 0.290. The standard InChI is InChI=1S/C22H19ClFN3O3/c1-29-21-11-16(24)8-9-17(21)25-13-22(28)27-19(20-3-2-10-30-20)12-18(26-27)14-4-6-15(23)7-5-14/h2-11,19,25H,12-13H2,1H3. The Bertz CT molecular complexity index is 1070. The maximum Gasteiger partial charge on any atom is 0.262 e. The molecule has 2 aromatic carbocycles. The number of rotatable bonds is 6. The van der Waals surface area contributed by atoms with Crippen molar-refractivity contribution >= 4 is 28.9 Å². The van der Waals surface area contributed by atoms with Gasteiger partial charge in [0, 0.05) is 17.5 Å². The molecule has 2 heterocycles. The van der Waals surface area contributed by atoms with Gasteiger partial charge in [0.05, 0.1) is 31.3 Å². The Morgan fingerprint density at radius 3 is 2.80 bits per heavy atom. The molecule has 3 aromatic rings. The summed E-state index contributed by atoms with van der Waals surface area (Å²) in [5, 5.41) is 9.61. The third-order valence-electron chi connectivity index (χ3n) is 4.81. The lowest BCUT2D eigenvalue weighted by atomic mass is 10.0. The molecule has 8 heteroatoms. The Labute approximate surface area is 177 Å². The highest BCUT2D eigenvalue weighted by Crippen LogP contribution is 2.33. The number of nitrogens with zero attached hydrogens (tertiary/aromatic N) is 2. The molecule has 6 nitrogen and oxygen atoms in total. The molecule has 0 spiro atoms. The average Bonchev–Trinajstić information content (AvgIpc) is 3.43. The Hall–Kier alpha value is -3.32. The topological polar surface area (TPSA) is 67.1 Å². The van der Waals surface area contributed by atoms with Gasteiger partial charge in [-0.3, -0.25) is 4.79 Å². The van der Waals surface area contributed by atoms with E-state index in [4.69, 9.17) is 20.8 Å². The zero-order chi connectivity index (χ0) is 21.1. The van der Waals surface area contributed by atoms with Crippen LogP contribution >= 0.6 is 11.6 Å². The number of carbonyl (C=O) groups is 1. The van der Waals surface area contributed by atoms with Crippen LogP contribution in [0.4, 0.5) is 10.1 Å². The van der Waals surface area contributed by atoms with Crippen molar-refractivity contribution in [3.8, 4) is 5.75 Å². The van der Waals surface area contributed by atoms with Crippen molar-refractivity contribution in [2.45, 2.75) is 12.5 Å². The van der Waals surface area contributed by atoms with E-state index in [-0.39, 0.29) is 18.5 Å². The fraction of sp³-hybridized carbons (Fsp3) is 0.182. The molecule has 0 saturated heterocycles. The quantitative estimate of drug-likeness (QED) is 0.609. The highest BCUT2D eigenvalue weighted by molar-refractivity contribution is 6.30. The van der Waals surface area contributed by atoms with E-state index >= 15 is 0 Å². The van der Waals surface area contributed by atoms with E-state index in [0.29, 0.717) is 28.6 Å². The molecule has 0 fully saturated rings. The SMILES string of the molecule is COc1cc(F)ccc1NCC(=O)N1N=C(c2ccc(Cl)cc2)CC1c1ccco1. The van der Waals surface area contributed by atoms with Gasteiger partial charge < -0.3 is 14.5 Å². The van der Waals surface area contributed by atoms with Gasteiger partial charge in [0.25, 0.3) is 5.91 Å². The summed E-state index contributed by atoms with van der Waals surface area (Å²) in [7, 11) is 1.44. The Kier molecular flexibility index (Phi) is 5.72. The minimum absolute atomic E-state index is 0.0450. The number of ether oxygens (including phenoxy) is 1. The fourth-order valence-corrected chi connectivity index (χ4v) is 3.45. The van der Waals surface area contributed by atoms with Crippen LogP contribution in [0.5, 0.6) is 5.75 Å². The van der Waals surface area contributed by atoms with Crippen molar-refractivity contribution < 1.29 is 18.3 Å². The second-order valence-electron chi connectivity index (χ2n) is 6.73. The predicted octanol–water partition coefficient (Wildman–Crippen LogP) is 4.87. The second-order valence-corrected chi connectivity index (χ2v) is 7.16. The van der Waals surface area contributed by atoms with Gasteiger partial charge in [-0.25, -0.2) is 9.40 Å². The molecule has 1 atom stereocenters. The first-order valence-corrected chi connectivity index (χ1v) is 9.69. The van der Waals surface area contributed by atoms with Gasteiger partial charge >= 0.3 is 0 Å². The number of hydrogen-bond acceptors (Lipinski definition) is 5. The number of nitrogens with one attached hydrogen (secondary N) is 1. The number of anilines is 1. The lowest BCUT2D eigenvalue weighted by Gasteiger charge is -2.20. The Morgan fingerprint density at radius 1 is 1.30 bits per heavy atom. The molecule has 154 valence electrons. The maximum absolute atomic E-state index is 13.4. The lowest BCUT2D eigenvalue weighted by molar-refractivity contribution is -0.131. The van der Waals surface area contributed by atoms with Gasteiger partial charge in [-0.2, -0.15) is 5.10 Å². The van der Waals surface area contributed by atoms with Crippen molar-refractivity contribution in [2.75, 3.05) is 19.0 Å². The summed E-state index contributed by atoms with van der Waals surface area (Å²) >= 11 is 5.98. The van der Waals surface area contributed by atoms with E-state index in [2.05, 4.69) is 10.4 Å². The molecule has 0 radical (unpaired) electrons. The average molecular weight is 428 g/mol. The van der Waals surface area contributed by atoms with Crippen LogP contribution in [-0.4, -0.2) is 30.3 Å². The third kappa shape index (κ3) is 4.16. The number of furan rings is 1. The number of methoxy groups -OCH3 is 1. The van der Waals surface area contributed by atoms with Crippen molar-refractivity contribution in [3.63, 3.8) is 0 Å². The molecule has 1 amide bonds. The van der Waals surface area contributed by atoms with Gasteiger partial charge in [0.2, 0.25) is 0 Å². The zero-order valence-electron chi connectivity index (χ0n) is 16.1. The van der Waals surface area contributed by atoms with E-state index in [1.54, 1.807) is 24.5 Å². The highest BCUT2D eigenvalue weighted by Gasteiger charge is 2.34. The van der Waals surface area contributed by atoms with E-state index in [9.17, 15) is 9.18 Å². The van der Waals surface area contributed by atoms with Crippen LogP contribution in [0.15, 0.2) is 70.4 Å². The van der Waals surface area contributed by atoms with Crippen molar-refractivity contribution in [2.24, 2.45) is 5.10 Å². The molecule has 1 aliphatic heterocycles. The molecule has 1 aromatic heterocycles. The molecule has 4 rings (SSSR count). The fourth-order valence-electron chi connectivity index (χ4n) is 3.32. The van der Waals surface area contributed by atoms with Gasteiger partial charge in [-0.1, -0.05) is 23.7 Å². The summed E-state index contributed by atoms with van der Waals surface area (Å²) in [6.45, 7) is -0.0450. The summed E-state index contributed by atoms with van der Waals surface area (Å²) in [6, 6.07) is 14.6. The smallest absolute Gasteiger partial charge is 0.262 e. The summed E-state index contributed by atoms with van der Waals surface area (Å²) in [6.07, 6.45) is 2.08. The zero-order valence-corrected chi connectivity index (χ0v) is 16.9. The molecule has 0 saturated carbocycles. The van der Waals surface area contributed by atoms with Gasteiger partial charge in [-0.05, 0) is 42.0 Å². The largest absolute Gasteiger partial charge is 0.494 e. The van der Waals surface area contributed by atoms with Crippen LogP contribution in [0.25, 0.3) is 0 Å². The van der Waals surface area contributed by atoms with Gasteiger partial charge in [-0.15, -0.1) is 0 Å². The number of hydrazone groups is 1. The highest BCUT2D eigenvalue weighted by atomic mass is 35.5. The first-order chi connectivity index (χ1) is 14.5. The van der Waals surface area contributed by atoms with Crippen LogP contribution in [0.3, 0.4) is 0 Å². The normalized spacial score (nSPS) is 15.8. The minimum Gasteiger partial charge on any atom is -0.494 e. The predicted molar refractivity (Wildman–Crippen MR) is 112 cm³/mol. The molecule has 0 aliphatic carbocycles. The van der Waals surface area contributed by atoms with Crippen LogP contribution in [-0.2, 0) is 4.79 Å². The number of hydrogen-bond donors (Lipinski definition) is 1. The lowest BCUT2D eigenvalue weighted by Crippen LogP contribution is -2.32. The molecule has 30 heavy (non-hydrogen) atoms. The van der Waals surface area contributed by atoms with Gasteiger partial charge in [0.15, 0.2) is 0 Å². The Morgan fingerprint density at radius 2 is 2.10 bits per heavy atom. The van der Waals surface area contributed by atoms with Crippen molar-refractivity contribution in [1.29, 1.82) is 0 Å². The first kappa shape index (κ1) is 20.0. The minimum atomic E-state index is -0.418. The molecular formula is C22H19ClFN3O3. The molecule has 1 N–H and O–H groups in total. The van der Waals surface area contributed by atoms with Crippen molar-refractivity contribution in [1.82, 2.24) is 5.01 Å². The van der Waals surface area contributed by atoms with E-state index < -0.39 is 5.82 Å². The maximum atomic E-state index is 13.4. The van der Waals surface area contributed by atoms with Gasteiger partial charge in [0.1, 0.15) is 23.4 Å². The number of halogens is 2. The molecular weight excluding hydrogens is 409 g/mol. The van der Waals surface area contributed by atoms with Crippen LogP contribution in [0.2, 0.25) is 5.02 Å². The first-order valence-electron chi connectivity index (χ1n) is 9.31. The summed E-state index contributed by atoms with van der Waals surface area (Å²) < 4.78 is 24.1. The molecule has 1 aliphatic rings. The number of carbonyl (C=O) groups excluding carboxylic acids is 1. The van der Waals surface area contributed by atoms with E-state index in [0.717, 1.165) is 11.3 Å². The molecule has 0 bridgehead atoms. The van der Waals surface area contributed by atoms with Crippen LogP contribution < -0.4 is 10.1 Å². The monoisotopic (exact) mass is 427 g/mol.